The summed E-state index contributed by atoms with van der Waals surface area (Å²) in [4.78, 5) is 6.49. The van der Waals surface area contributed by atoms with Crippen molar-refractivity contribution >= 4 is 11.6 Å². The molecule has 1 saturated heterocycles. The minimum absolute atomic E-state index is 0.122. The third-order valence-corrected chi connectivity index (χ3v) is 5.19. The quantitative estimate of drug-likeness (QED) is 0.875. The lowest BCUT2D eigenvalue weighted by Crippen LogP contribution is -2.55. The van der Waals surface area contributed by atoms with Crippen molar-refractivity contribution in [3.63, 3.8) is 0 Å². The van der Waals surface area contributed by atoms with Gasteiger partial charge in [-0.25, -0.2) is 0 Å². The van der Waals surface area contributed by atoms with Crippen LogP contribution in [-0.2, 0) is 6.42 Å². The van der Waals surface area contributed by atoms with Gasteiger partial charge in [-0.2, -0.15) is 0 Å². The monoisotopic (exact) mass is 296 g/mol. The van der Waals surface area contributed by atoms with Crippen LogP contribution in [0.1, 0.15) is 45.1 Å². The summed E-state index contributed by atoms with van der Waals surface area (Å²) in [6.07, 6.45) is 8.01. The van der Waals surface area contributed by atoms with E-state index < -0.39 is 6.10 Å². The van der Waals surface area contributed by atoms with E-state index in [-0.39, 0.29) is 5.54 Å². The van der Waals surface area contributed by atoms with Gasteiger partial charge in [0.15, 0.2) is 0 Å². The Morgan fingerprint density at radius 3 is 2.55 bits per heavy atom. The molecule has 2 heterocycles. The lowest BCUT2D eigenvalue weighted by Gasteiger charge is -2.44. The fourth-order valence-electron chi connectivity index (χ4n) is 3.51. The van der Waals surface area contributed by atoms with Gasteiger partial charge in [0, 0.05) is 24.4 Å². The molecule has 3 nitrogen and oxygen atoms in total. The second-order valence-corrected chi connectivity index (χ2v) is 6.10. The predicted molar refractivity (Wildman–Crippen MR) is 83.1 cm³/mol. The van der Waals surface area contributed by atoms with Crippen LogP contribution in [0.2, 0.25) is 5.02 Å². The molecule has 1 N–H and O–H groups in total. The Labute approximate surface area is 127 Å². The third-order valence-electron chi connectivity index (χ3n) is 4.85. The molecule has 1 atom stereocenters. The van der Waals surface area contributed by atoms with E-state index in [2.05, 4.69) is 23.7 Å². The molecule has 0 bridgehead atoms. The minimum Gasteiger partial charge on any atom is -0.391 e. The molecule has 1 aliphatic rings. The Morgan fingerprint density at radius 2 is 2.00 bits per heavy atom. The van der Waals surface area contributed by atoms with E-state index >= 15 is 0 Å². The van der Waals surface area contributed by atoms with Crippen LogP contribution in [0.5, 0.6) is 0 Å². The molecule has 0 spiro atoms. The molecular weight excluding hydrogens is 272 g/mol. The SMILES string of the molecule is CCC(CC)(C(O)Cc1ccncc1Cl)N1CCCC1. The summed E-state index contributed by atoms with van der Waals surface area (Å²) in [5.74, 6) is 0. The highest BCUT2D eigenvalue weighted by Gasteiger charge is 2.41. The maximum atomic E-state index is 10.9. The first-order chi connectivity index (χ1) is 9.64. The van der Waals surface area contributed by atoms with Crippen molar-refractivity contribution < 1.29 is 5.11 Å². The average molecular weight is 297 g/mol. The number of nitrogens with zero attached hydrogens (tertiary/aromatic N) is 2. The normalized spacial score (nSPS) is 18.4. The van der Waals surface area contributed by atoms with Gasteiger partial charge in [-0.1, -0.05) is 25.4 Å². The average Bonchev–Trinajstić information content (AvgIpc) is 2.98. The standard InChI is InChI=1S/C16H25ClN2O/c1-3-16(4-2,19-9-5-6-10-19)15(20)11-13-7-8-18-12-14(13)17/h7-8,12,15,20H,3-6,9-11H2,1-2H3. The number of aliphatic hydroxyl groups is 1. The Hall–Kier alpha value is -0.640. The summed E-state index contributed by atoms with van der Waals surface area (Å²) in [5, 5.41) is 11.5. The van der Waals surface area contributed by atoms with Crippen molar-refractivity contribution in [2.45, 2.75) is 57.6 Å². The van der Waals surface area contributed by atoms with Gasteiger partial charge in [0.05, 0.1) is 11.1 Å². The van der Waals surface area contributed by atoms with Crippen LogP contribution in [0.3, 0.4) is 0 Å². The van der Waals surface area contributed by atoms with Gasteiger partial charge < -0.3 is 5.11 Å². The number of aromatic nitrogens is 1. The lowest BCUT2D eigenvalue weighted by molar-refractivity contribution is -0.0269. The number of hydrogen-bond acceptors (Lipinski definition) is 3. The van der Waals surface area contributed by atoms with Gasteiger partial charge in [0.1, 0.15) is 0 Å². The number of halogens is 1. The molecule has 0 aromatic carbocycles. The fourth-order valence-corrected chi connectivity index (χ4v) is 3.71. The molecule has 0 radical (unpaired) electrons. The number of rotatable bonds is 6. The van der Waals surface area contributed by atoms with Crippen LogP contribution in [-0.4, -0.2) is 39.7 Å². The van der Waals surface area contributed by atoms with E-state index in [4.69, 9.17) is 11.6 Å². The van der Waals surface area contributed by atoms with Gasteiger partial charge in [-0.3, -0.25) is 9.88 Å². The fraction of sp³-hybridized carbons (Fsp3) is 0.688. The van der Waals surface area contributed by atoms with Crippen molar-refractivity contribution in [1.29, 1.82) is 0 Å². The molecule has 0 saturated carbocycles. The van der Waals surface area contributed by atoms with Crippen LogP contribution < -0.4 is 0 Å². The maximum absolute atomic E-state index is 10.9. The Balaban J connectivity index is 2.18. The first kappa shape index (κ1) is 15.7. The third kappa shape index (κ3) is 3.00. The second kappa shape index (κ2) is 6.88. The van der Waals surface area contributed by atoms with Crippen molar-refractivity contribution in [3.05, 3.63) is 29.0 Å². The highest BCUT2D eigenvalue weighted by molar-refractivity contribution is 6.31. The zero-order valence-electron chi connectivity index (χ0n) is 12.5. The summed E-state index contributed by atoms with van der Waals surface area (Å²) in [6, 6.07) is 1.91. The zero-order chi connectivity index (χ0) is 14.6. The van der Waals surface area contributed by atoms with Crippen LogP contribution in [0.4, 0.5) is 0 Å². The van der Waals surface area contributed by atoms with Gasteiger partial charge in [-0.15, -0.1) is 0 Å². The largest absolute Gasteiger partial charge is 0.391 e. The summed E-state index contributed by atoms with van der Waals surface area (Å²) in [5.41, 5.74) is 0.864. The van der Waals surface area contributed by atoms with E-state index in [1.807, 2.05) is 6.07 Å². The van der Waals surface area contributed by atoms with Gasteiger partial charge in [-0.05, 0) is 50.4 Å². The summed E-state index contributed by atoms with van der Waals surface area (Å²) in [7, 11) is 0. The van der Waals surface area contributed by atoms with Crippen molar-refractivity contribution in [1.82, 2.24) is 9.88 Å². The van der Waals surface area contributed by atoms with E-state index in [0.29, 0.717) is 11.4 Å². The van der Waals surface area contributed by atoms with E-state index in [9.17, 15) is 5.11 Å². The molecule has 112 valence electrons. The Kier molecular flexibility index (Phi) is 5.42. The highest BCUT2D eigenvalue weighted by atomic mass is 35.5. The molecule has 20 heavy (non-hydrogen) atoms. The van der Waals surface area contributed by atoms with Crippen LogP contribution in [0, 0.1) is 0 Å². The van der Waals surface area contributed by atoms with Crippen molar-refractivity contribution in [3.8, 4) is 0 Å². The summed E-state index contributed by atoms with van der Waals surface area (Å²) in [6.45, 7) is 6.56. The number of aliphatic hydroxyl groups excluding tert-OH is 1. The van der Waals surface area contributed by atoms with Crippen LogP contribution in [0.15, 0.2) is 18.5 Å². The summed E-state index contributed by atoms with van der Waals surface area (Å²) >= 11 is 6.18. The predicted octanol–water partition coefficient (Wildman–Crippen LogP) is 3.29. The topological polar surface area (TPSA) is 36.4 Å². The molecular formula is C16H25ClN2O. The smallest absolute Gasteiger partial charge is 0.0764 e. The molecule has 1 unspecified atom stereocenters. The van der Waals surface area contributed by atoms with E-state index in [1.165, 1.54) is 12.8 Å². The summed E-state index contributed by atoms with van der Waals surface area (Å²) < 4.78 is 0. The molecule has 0 amide bonds. The first-order valence-corrected chi connectivity index (χ1v) is 8.03. The Bertz CT molecular complexity index is 428. The highest BCUT2D eigenvalue weighted by Crippen LogP contribution is 2.33. The lowest BCUT2D eigenvalue weighted by atomic mass is 9.82. The van der Waals surface area contributed by atoms with Crippen molar-refractivity contribution in [2.24, 2.45) is 0 Å². The van der Waals surface area contributed by atoms with E-state index in [0.717, 1.165) is 31.5 Å². The van der Waals surface area contributed by atoms with Gasteiger partial charge >= 0.3 is 0 Å². The molecule has 1 aliphatic heterocycles. The molecule has 4 heteroatoms. The van der Waals surface area contributed by atoms with Crippen LogP contribution in [0.25, 0.3) is 0 Å². The molecule has 1 fully saturated rings. The first-order valence-electron chi connectivity index (χ1n) is 7.65. The molecule has 0 aliphatic carbocycles. The van der Waals surface area contributed by atoms with Crippen LogP contribution >= 0.6 is 11.6 Å². The minimum atomic E-state index is -0.393. The van der Waals surface area contributed by atoms with Crippen molar-refractivity contribution in [2.75, 3.05) is 13.1 Å². The molecule has 1 aromatic heterocycles. The number of pyridine rings is 1. The maximum Gasteiger partial charge on any atom is 0.0764 e. The molecule has 2 rings (SSSR count). The second-order valence-electron chi connectivity index (χ2n) is 5.69. The molecule has 1 aromatic rings. The van der Waals surface area contributed by atoms with E-state index in [1.54, 1.807) is 12.4 Å². The van der Waals surface area contributed by atoms with Gasteiger partial charge in [0.25, 0.3) is 0 Å². The van der Waals surface area contributed by atoms with Gasteiger partial charge in [0.2, 0.25) is 0 Å². The zero-order valence-corrected chi connectivity index (χ0v) is 13.2. The Morgan fingerprint density at radius 1 is 1.35 bits per heavy atom. The number of likely N-dealkylation sites (tertiary alicyclic amines) is 1. The number of hydrogen-bond donors (Lipinski definition) is 1.